The first-order valence-electron chi connectivity index (χ1n) is 17.4. The molecule has 288 valence electrons. The van der Waals surface area contributed by atoms with E-state index < -0.39 is 28.7 Å². The average molecular weight is 801 g/mol. The van der Waals surface area contributed by atoms with Gasteiger partial charge in [0.15, 0.2) is 23.9 Å². The lowest BCUT2D eigenvalue weighted by Gasteiger charge is -2.30. The zero-order chi connectivity index (χ0) is 37.7. The zero-order valence-electron chi connectivity index (χ0n) is 29.1. The molecule has 0 radical (unpaired) electrons. The topological polar surface area (TPSA) is 131 Å². The minimum absolute atomic E-state index is 0.0205. The standard InChI is InChI=1S/C36H41Cl2F2N3O9S/c1-53(46,47)43(11-10-41-12-14-48-15-13-41)26-7-8-27(33(17-26)49-21-23-2-3-23)35(44)51-32(18-28-29(37)19-42(45)20-30(28)38)25-6-9-31(52-36(39)40)34(16-25)50-22-24-4-5-24/h6-9,16-17,19-20,23-24,32,36H,2-5,10-15,18,21-22H2,1H3. The van der Waals surface area contributed by atoms with E-state index in [0.29, 0.717) is 79.4 Å². The molecule has 3 fully saturated rings. The van der Waals surface area contributed by atoms with Gasteiger partial charge in [0, 0.05) is 44.2 Å². The molecule has 1 unspecified atom stereocenters. The van der Waals surface area contributed by atoms with Crippen LogP contribution in [0.1, 0.15) is 53.3 Å². The monoisotopic (exact) mass is 799 g/mol. The van der Waals surface area contributed by atoms with Gasteiger partial charge < -0.3 is 28.9 Å². The molecule has 2 heterocycles. The van der Waals surface area contributed by atoms with Crippen LogP contribution in [0.15, 0.2) is 48.8 Å². The molecule has 1 aliphatic heterocycles. The van der Waals surface area contributed by atoms with Crippen molar-refractivity contribution in [1.29, 1.82) is 0 Å². The van der Waals surface area contributed by atoms with Gasteiger partial charge in [-0.25, -0.2) is 13.2 Å². The highest BCUT2D eigenvalue weighted by atomic mass is 35.5. The Morgan fingerprint density at radius 2 is 1.62 bits per heavy atom. The number of aromatic nitrogens is 1. The second-order valence-corrected chi connectivity index (χ2v) is 16.2. The number of morpholine rings is 1. The molecule has 53 heavy (non-hydrogen) atoms. The molecule has 1 saturated heterocycles. The van der Waals surface area contributed by atoms with Crippen LogP contribution in [0.2, 0.25) is 10.0 Å². The number of sulfonamides is 1. The van der Waals surface area contributed by atoms with Gasteiger partial charge in [-0.1, -0.05) is 29.3 Å². The third kappa shape index (κ3) is 11.0. The van der Waals surface area contributed by atoms with Crippen LogP contribution in [0.5, 0.6) is 17.2 Å². The van der Waals surface area contributed by atoms with E-state index in [-0.39, 0.29) is 45.8 Å². The second kappa shape index (κ2) is 17.2. The third-order valence-corrected chi connectivity index (χ3v) is 11.0. The molecule has 3 aliphatic rings. The van der Waals surface area contributed by atoms with Crippen LogP contribution in [-0.4, -0.2) is 84.8 Å². The smallest absolute Gasteiger partial charge is 0.387 e. The van der Waals surface area contributed by atoms with Gasteiger partial charge in [0.05, 0.1) is 38.4 Å². The van der Waals surface area contributed by atoms with Gasteiger partial charge in [-0.2, -0.15) is 13.5 Å². The summed E-state index contributed by atoms with van der Waals surface area (Å²) < 4.78 is 82.6. The number of benzene rings is 2. The maximum atomic E-state index is 14.1. The number of nitrogens with zero attached hydrogens (tertiary/aromatic N) is 3. The van der Waals surface area contributed by atoms with Crippen molar-refractivity contribution < 1.29 is 50.4 Å². The molecule has 0 spiro atoms. The summed E-state index contributed by atoms with van der Waals surface area (Å²) in [5.74, 6) is -0.237. The number of pyridine rings is 1. The summed E-state index contributed by atoms with van der Waals surface area (Å²) in [4.78, 5) is 16.2. The van der Waals surface area contributed by atoms with Crippen LogP contribution in [0, 0.1) is 17.0 Å². The Balaban J connectivity index is 1.32. The number of esters is 1. The van der Waals surface area contributed by atoms with Crippen LogP contribution in [0.3, 0.4) is 0 Å². The summed E-state index contributed by atoms with van der Waals surface area (Å²) in [7, 11) is -3.72. The van der Waals surface area contributed by atoms with E-state index in [4.69, 9.17) is 46.9 Å². The fourth-order valence-corrected chi connectivity index (χ4v) is 7.35. The molecule has 2 saturated carbocycles. The molecule has 1 atom stereocenters. The van der Waals surface area contributed by atoms with E-state index in [9.17, 15) is 27.2 Å². The summed E-state index contributed by atoms with van der Waals surface area (Å²) in [5.41, 5.74) is 1.00. The highest BCUT2D eigenvalue weighted by Crippen LogP contribution is 2.39. The molecule has 0 amide bonds. The number of ether oxygens (including phenoxy) is 5. The highest BCUT2D eigenvalue weighted by molar-refractivity contribution is 7.92. The van der Waals surface area contributed by atoms with E-state index in [2.05, 4.69) is 4.90 Å². The Morgan fingerprint density at radius 3 is 2.23 bits per heavy atom. The number of alkyl halides is 2. The second-order valence-electron chi connectivity index (χ2n) is 13.5. The zero-order valence-corrected chi connectivity index (χ0v) is 31.4. The van der Waals surface area contributed by atoms with Crippen LogP contribution >= 0.6 is 23.2 Å². The molecule has 17 heteroatoms. The molecule has 2 aromatic carbocycles. The lowest BCUT2D eigenvalue weighted by Crippen LogP contribution is -2.43. The van der Waals surface area contributed by atoms with Crippen molar-refractivity contribution in [2.45, 2.75) is 44.8 Å². The first-order chi connectivity index (χ1) is 25.3. The largest absolute Gasteiger partial charge is 0.619 e. The third-order valence-electron chi connectivity index (χ3n) is 9.19. The Hall–Kier alpha value is -3.63. The van der Waals surface area contributed by atoms with Gasteiger partial charge in [0.1, 0.15) is 27.5 Å². The number of halogens is 4. The molecule has 1 aromatic heterocycles. The average Bonchev–Trinajstić information content (AvgIpc) is 4.04. The SMILES string of the molecule is CS(=O)(=O)N(CCN1CCOCC1)c1ccc(C(=O)OC(Cc2c(Cl)c[n+]([O-])cc2Cl)c2ccc(OC(F)F)c(OCC3CC3)c2)c(OCC2CC2)c1. The summed E-state index contributed by atoms with van der Waals surface area (Å²) in [6.07, 6.45) is 5.95. The molecular weight excluding hydrogens is 759 g/mol. The van der Waals surface area contributed by atoms with Crippen molar-refractivity contribution in [1.82, 2.24) is 4.90 Å². The lowest BCUT2D eigenvalue weighted by atomic mass is 10.0. The van der Waals surface area contributed by atoms with E-state index in [1.807, 2.05) is 0 Å². The van der Waals surface area contributed by atoms with Crippen LogP contribution < -0.4 is 23.2 Å². The van der Waals surface area contributed by atoms with Crippen LogP contribution in [-0.2, 0) is 25.9 Å². The van der Waals surface area contributed by atoms with Gasteiger partial charge >= 0.3 is 12.6 Å². The van der Waals surface area contributed by atoms with Gasteiger partial charge in [0.25, 0.3) is 0 Å². The van der Waals surface area contributed by atoms with E-state index in [1.165, 1.54) is 40.7 Å². The van der Waals surface area contributed by atoms with E-state index >= 15 is 0 Å². The number of rotatable bonds is 18. The van der Waals surface area contributed by atoms with Gasteiger partial charge in [0.2, 0.25) is 10.0 Å². The fourth-order valence-electron chi connectivity index (χ4n) is 5.84. The maximum Gasteiger partial charge on any atom is 0.387 e. The normalized spacial score (nSPS) is 17.0. The first-order valence-corrected chi connectivity index (χ1v) is 20.0. The van der Waals surface area contributed by atoms with Gasteiger partial charge in [-0.15, -0.1) is 0 Å². The minimum atomic E-state index is -3.72. The number of anilines is 1. The van der Waals surface area contributed by atoms with Crippen molar-refractivity contribution in [3.8, 4) is 17.2 Å². The predicted octanol–water partition coefficient (Wildman–Crippen LogP) is 6.04. The first kappa shape index (κ1) is 39.1. The van der Waals surface area contributed by atoms with Crippen molar-refractivity contribution >= 4 is 44.9 Å². The Labute approximate surface area is 317 Å². The molecule has 3 aromatic rings. The molecule has 2 aliphatic carbocycles. The van der Waals surface area contributed by atoms with Crippen LogP contribution in [0.25, 0.3) is 0 Å². The number of hydrogen-bond acceptors (Lipinski definition) is 10. The Kier molecular flexibility index (Phi) is 12.7. The Morgan fingerprint density at radius 1 is 0.981 bits per heavy atom. The molecule has 6 rings (SSSR count). The molecule has 0 bridgehead atoms. The summed E-state index contributed by atoms with van der Waals surface area (Å²) in [5, 5.41) is 12.0. The summed E-state index contributed by atoms with van der Waals surface area (Å²) in [6, 6.07) is 8.73. The highest BCUT2D eigenvalue weighted by Gasteiger charge is 2.30. The van der Waals surface area contributed by atoms with Gasteiger partial charge in [-0.05, 0) is 67.3 Å². The van der Waals surface area contributed by atoms with Crippen LogP contribution in [0.4, 0.5) is 14.5 Å². The maximum absolute atomic E-state index is 14.1. The van der Waals surface area contributed by atoms with E-state index in [1.54, 1.807) is 0 Å². The van der Waals surface area contributed by atoms with Crippen molar-refractivity contribution in [3.05, 3.63) is 80.7 Å². The summed E-state index contributed by atoms with van der Waals surface area (Å²) >= 11 is 12.9. The predicted molar refractivity (Wildman–Crippen MR) is 193 cm³/mol. The minimum Gasteiger partial charge on any atom is -0.619 e. The number of carbonyl (C=O) groups excluding carboxylic acids is 1. The fraction of sp³-hybridized carbons (Fsp3) is 0.500. The summed E-state index contributed by atoms with van der Waals surface area (Å²) in [6.45, 7) is 0.663. The van der Waals surface area contributed by atoms with Crippen molar-refractivity contribution in [2.75, 3.05) is 63.2 Å². The molecular formula is C36H41Cl2F2N3O9S. The molecule has 0 N–H and O–H groups in total. The molecule has 12 nitrogen and oxygen atoms in total. The Bertz CT molecular complexity index is 1850. The number of hydrogen-bond donors (Lipinski definition) is 0. The lowest BCUT2D eigenvalue weighted by molar-refractivity contribution is -0.605. The van der Waals surface area contributed by atoms with Crippen molar-refractivity contribution in [3.63, 3.8) is 0 Å². The van der Waals surface area contributed by atoms with Gasteiger partial charge in [-0.3, -0.25) is 9.21 Å². The van der Waals surface area contributed by atoms with E-state index in [0.717, 1.165) is 44.3 Å². The quantitative estimate of drug-likeness (QED) is 0.0853. The number of carbonyl (C=O) groups is 1. The van der Waals surface area contributed by atoms with Crippen molar-refractivity contribution in [2.24, 2.45) is 11.8 Å².